The summed E-state index contributed by atoms with van der Waals surface area (Å²) in [5.41, 5.74) is 5.87. The summed E-state index contributed by atoms with van der Waals surface area (Å²) in [6.07, 6.45) is 2.55. The number of nitrogens with two attached hydrogens (primary N) is 1. The largest absolute Gasteiger partial charge is 0.370 e. The molecule has 0 bridgehead atoms. The Bertz CT molecular complexity index is 259. The van der Waals surface area contributed by atoms with Gasteiger partial charge in [0.15, 0.2) is 5.96 Å². The summed E-state index contributed by atoms with van der Waals surface area (Å²) < 4.78 is 0. The van der Waals surface area contributed by atoms with Gasteiger partial charge in [0.25, 0.3) is 0 Å². The normalized spacial score (nSPS) is 20.6. The van der Waals surface area contributed by atoms with Crippen molar-refractivity contribution < 1.29 is 0 Å². The molecule has 1 fully saturated rings. The third kappa shape index (κ3) is 7.31. The van der Waals surface area contributed by atoms with Crippen molar-refractivity contribution in [1.82, 2.24) is 15.1 Å². The molecule has 5 nitrogen and oxygen atoms in total. The van der Waals surface area contributed by atoms with Crippen molar-refractivity contribution in [3.63, 3.8) is 0 Å². The average Bonchev–Trinajstić information content (AvgIpc) is 2.83. The molecule has 1 aliphatic heterocycles. The number of rotatable bonds is 7. The van der Waals surface area contributed by atoms with Gasteiger partial charge in [-0.2, -0.15) is 0 Å². The molecule has 0 aliphatic carbocycles. The highest BCUT2D eigenvalue weighted by Crippen LogP contribution is 2.16. The summed E-state index contributed by atoms with van der Waals surface area (Å²) in [6, 6.07) is 0.591. The topological polar surface area (TPSA) is 56.9 Å². The van der Waals surface area contributed by atoms with Crippen molar-refractivity contribution in [2.24, 2.45) is 10.7 Å². The van der Waals surface area contributed by atoms with E-state index in [1.54, 1.807) is 0 Å². The summed E-state index contributed by atoms with van der Waals surface area (Å²) in [7, 11) is 2.10. The zero-order valence-corrected chi connectivity index (χ0v) is 14.9. The molecule has 1 aliphatic rings. The first kappa shape index (κ1) is 18.9. The Morgan fingerprint density at radius 1 is 1.47 bits per heavy atom. The predicted molar refractivity (Wildman–Crippen MR) is 93.3 cm³/mol. The number of likely N-dealkylation sites (tertiary alicyclic amines) is 1. The second-order valence-corrected chi connectivity index (χ2v) is 4.97. The van der Waals surface area contributed by atoms with Crippen LogP contribution in [0, 0.1) is 0 Å². The first-order valence-corrected chi connectivity index (χ1v) is 7.13. The third-order valence-electron chi connectivity index (χ3n) is 3.72. The van der Waals surface area contributed by atoms with E-state index in [4.69, 9.17) is 5.73 Å². The Hall–Kier alpha value is -0.0800. The van der Waals surface area contributed by atoms with E-state index < -0.39 is 0 Å². The number of aliphatic imine (C=N–C) groups is 1. The van der Waals surface area contributed by atoms with E-state index in [2.05, 4.69) is 41.0 Å². The summed E-state index contributed by atoms with van der Waals surface area (Å²) in [5, 5.41) is 3.17. The van der Waals surface area contributed by atoms with Gasteiger partial charge in [0.05, 0.1) is 6.54 Å². The highest BCUT2D eigenvalue weighted by molar-refractivity contribution is 14.0. The molecule has 0 amide bonds. The number of nitrogens with zero attached hydrogens (tertiary/aromatic N) is 3. The molecule has 0 saturated carbocycles. The molecule has 6 heteroatoms. The Morgan fingerprint density at radius 3 is 2.84 bits per heavy atom. The molecule has 1 heterocycles. The number of halogens is 1. The van der Waals surface area contributed by atoms with Crippen LogP contribution in [0.4, 0.5) is 0 Å². The van der Waals surface area contributed by atoms with Gasteiger partial charge < -0.3 is 16.0 Å². The van der Waals surface area contributed by atoms with E-state index in [1.807, 2.05) is 0 Å². The zero-order valence-electron chi connectivity index (χ0n) is 12.6. The monoisotopic (exact) mass is 383 g/mol. The number of guanidine groups is 1. The molecule has 1 saturated heterocycles. The van der Waals surface area contributed by atoms with E-state index in [9.17, 15) is 0 Å². The van der Waals surface area contributed by atoms with Crippen molar-refractivity contribution in [3.05, 3.63) is 0 Å². The van der Waals surface area contributed by atoms with Gasteiger partial charge in [-0.05, 0) is 39.5 Å². The Labute approximate surface area is 135 Å². The number of hydrogen-bond donors (Lipinski definition) is 2. The maximum absolute atomic E-state index is 5.87. The zero-order chi connectivity index (χ0) is 13.4. The van der Waals surface area contributed by atoms with Crippen molar-refractivity contribution in [1.29, 1.82) is 0 Å². The second-order valence-electron chi connectivity index (χ2n) is 4.97. The van der Waals surface area contributed by atoms with E-state index in [0.717, 1.165) is 32.7 Å². The Morgan fingerprint density at radius 2 is 2.21 bits per heavy atom. The van der Waals surface area contributed by atoms with Crippen LogP contribution in [0.1, 0.15) is 26.7 Å². The molecule has 0 spiro atoms. The van der Waals surface area contributed by atoms with Crippen LogP contribution in [0.5, 0.6) is 0 Å². The molecule has 0 aromatic carbocycles. The minimum atomic E-state index is 0. The summed E-state index contributed by atoms with van der Waals surface area (Å²) in [5.74, 6) is 0.586. The van der Waals surface area contributed by atoms with Gasteiger partial charge in [0.1, 0.15) is 0 Å². The minimum absolute atomic E-state index is 0. The van der Waals surface area contributed by atoms with Crippen molar-refractivity contribution in [2.75, 3.05) is 46.3 Å². The lowest BCUT2D eigenvalue weighted by Gasteiger charge is -2.21. The summed E-state index contributed by atoms with van der Waals surface area (Å²) in [4.78, 5) is 9.18. The fraction of sp³-hybridized carbons (Fsp3) is 0.923. The molecular formula is C13H30IN5. The highest BCUT2D eigenvalue weighted by atomic mass is 127. The molecule has 0 aromatic rings. The first-order chi connectivity index (χ1) is 8.67. The second kappa shape index (κ2) is 10.7. The molecule has 19 heavy (non-hydrogen) atoms. The molecule has 1 rings (SSSR count). The quantitative estimate of drug-likeness (QED) is 0.391. The number of hydrogen-bond acceptors (Lipinski definition) is 3. The summed E-state index contributed by atoms with van der Waals surface area (Å²) in [6.45, 7) is 10.4. The lowest BCUT2D eigenvalue weighted by Crippen LogP contribution is -2.39. The fourth-order valence-electron chi connectivity index (χ4n) is 2.31. The number of likely N-dealkylation sites (N-methyl/N-ethyl adjacent to an activating group) is 2. The van der Waals surface area contributed by atoms with E-state index in [0.29, 0.717) is 12.0 Å². The Balaban J connectivity index is 0.00000324. The summed E-state index contributed by atoms with van der Waals surface area (Å²) >= 11 is 0. The average molecular weight is 383 g/mol. The first-order valence-electron chi connectivity index (χ1n) is 7.13. The van der Waals surface area contributed by atoms with Crippen LogP contribution >= 0.6 is 24.0 Å². The van der Waals surface area contributed by atoms with Crippen LogP contribution in [0.3, 0.4) is 0 Å². The molecular weight excluding hydrogens is 353 g/mol. The minimum Gasteiger partial charge on any atom is -0.370 e. The van der Waals surface area contributed by atoms with E-state index >= 15 is 0 Å². The van der Waals surface area contributed by atoms with Gasteiger partial charge in [-0.3, -0.25) is 9.89 Å². The van der Waals surface area contributed by atoms with Crippen molar-refractivity contribution in [3.8, 4) is 0 Å². The maximum atomic E-state index is 5.87. The van der Waals surface area contributed by atoms with Gasteiger partial charge in [0.2, 0.25) is 0 Å². The van der Waals surface area contributed by atoms with Crippen LogP contribution in [0.15, 0.2) is 4.99 Å². The predicted octanol–water partition coefficient (Wildman–Crippen LogP) is 0.945. The number of nitrogens with one attached hydrogen (secondary N) is 1. The van der Waals surface area contributed by atoms with Gasteiger partial charge in [-0.1, -0.05) is 13.8 Å². The van der Waals surface area contributed by atoms with Crippen molar-refractivity contribution in [2.45, 2.75) is 32.7 Å². The van der Waals surface area contributed by atoms with Gasteiger partial charge in [-0.25, -0.2) is 0 Å². The standard InChI is InChI=1S/C13H29N5.HI/c1-4-17(3)10-8-15-13(14)16-11-12-7-6-9-18(12)5-2;/h12H,4-11H2,1-3H3,(H3,14,15,16);1H. The lowest BCUT2D eigenvalue weighted by molar-refractivity contribution is 0.273. The highest BCUT2D eigenvalue weighted by Gasteiger charge is 2.22. The van der Waals surface area contributed by atoms with Crippen LogP contribution in [0.2, 0.25) is 0 Å². The van der Waals surface area contributed by atoms with Gasteiger partial charge in [-0.15, -0.1) is 24.0 Å². The van der Waals surface area contributed by atoms with Gasteiger partial charge in [0, 0.05) is 19.1 Å². The lowest BCUT2D eigenvalue weighted by atomic mass is 10.2. The van der Waals surface area contributed by atoms with Crippen LogP contribution in [-0.2, 0) is 0 Å². The smallest absolute Gasteiger partial charge is 0.188 e. The molecule has 1 atom stereocenters. The van der Waals surface area contributed by atoms with Gasteiger partial charge >= 0.3 is 0 Å². The van der Waals surface area contributed by atoms with E-state index in [-0.39, 0.29) is 24.0 Å². The molecule has 114 valence electrons. The van der Waals surface area contributed by atoms with E-state index in [1.165, 1.54) is 19.4 Å². The molecule has 1 unspecified atom stereocenters. The molecule has 0 aromatic heterocycles. The Kier molecular flexibility index (Phi) is 10.6. The molecule has 0 radical (unpaired) electrons. The van der Waals surface area contributed by atoms with Crippen LogP contribution < -0.4 is 11.1 Å². The SMILES string of the molecule is CCN(C)CCNC(N)=NCC1CCCN1CC.I. The fourth-order valence-corrected chi connectivity index (χ4v) is 2.31. The molecule has 3 N–H and O–H groups in total. The van der Waals surface area contributed by atoms with Crippen LogP contribution in [0.25, 0.3) is 0 Å². The van der Waals surface area contributed by atoms with Crippen LogP contribution in [-0.4, -0.2) is 68.1 Å². The maximum Gasteiger partial charge on any atom is 0.188 e. The van der Waals surface area contributed by atoms with Crippen molar-refractivity contribution >= 4 is 29.9 Å². The third-order valence-corrected chi connectivity index (χ3v) is 3.72.